The molecule has 0 bridgehead atoms. The Bertz CT molecular complexity index is 347. The summed E-state index contributed by atoms with van der Waals surface area (Å²) in [5, 5.41) is 0. The highest BCUT2D eigenvalue weighted by Crippen LogP contribution is 2.46. The summed E-state index contributed by atoms with van der Waals surface area (Å²) in [6.07, 6.45) is 0.584. The maximum Gasteiger partial charge on any atom is 0.334 e. The average Bonchev–Trinajstić information content (AvgIpc) is 2.13. The van der Waals surface area contributed by atoms with Crippen LogP contribution < -0.4 is 0 Å². The smallest absolute Gasteiger partial charge is 0.334 e. The summed E-state index contributed by atoms with van der Waals surface area (Å²) in [5.41, 5.74) is 0.872. The number of carbonyl (C=O) groups is 2. The molecule has 0 saturated heterocycles. The van der Waals surface area contributed by atoms with Crippen molar-refractivity contribution in [2.24, 2.45) is 11.3 Å². The van der Waals surface area contributed by atoms with Crippen LogP contribution in [-0.2, 0) is 19.1 Å². The van der Waals surface area contributed by atoms with Gasteiger partial charge in [0, 0.05) is 11.5 Å². The van der Waals surface area contributed by atoms with Crippen molar-refractivity contribution in [3.8, 4) is 0 Å². The average molecular weight is 226 g/mol. The topological polar surface area (TPSA) is 52.6 Å². The van der Waals surface area contributed by atoms with Crippen LogP contribution in [0.4, 0.5) is 0 Å². The van der Waals surface area contributed by atoms with Crippen molar-refractivity contribution in [3.63, 3.8) is 0 Å². The van der Waals surface area contributed by atoms with E-state index in [4.69, 9.17) is 4.74 Å². The Kier molecular flexibility index (Phi) is 3.41. The van der Waals surface area contributed by atoms with Crippen LogP contribution in [0, 0.1) is 11.3 Å². The predicted octanol–water partition coefficient (Wildman–Crippen LogP) is 1.69. The Morgan fingerprint density at radius 1 is 1.12 bits per heavy atom. The van der Waals surface area contributed by atoms with E-state index in [0.29, 0.717) is 17.6 Å². The molecule has 90 valence electrons. The van der Waals surface area contributed by atoms with E-state index in [-0.39, 0.29) is 11.3 Å². The van der Waals surface area contributed by atoms with Crippen LogP contribution in [0.2, 0.25) is 0 Å². The predicted molar refractivity (Wildman–Crippen MR) is 58.6 cm³/mol. The van der Waals surface area contributed by atoms with Crippen LogP contribution in [0.1, 0.15) is 27.2 Å². The van der Waals surface area contributed by atoms with Gasteiger partial charge in [0.15, 0.2) is 0 Å². The Morgan fingerprint density at radius 3 is 2.00 bits per heavy atom. The van der Waals surface area contributed by atoms with Gasteiger partial charge in [0.2, 0.25) is 0 Å². The molecule has 0 spiro atoms. The lowest BCUT2D eigenvalue weighted by molar-refractivity contribution is -0.142. The molecule has 0 heterocycles. The van der Waals surface area contributed by atoms with Gasteiger partial charge in [0.05, 0.1) is 19.8 Å². The minimum Gasteiger partial charge on any atom is -0.466 e. The molecule has 1 aliphatic rings. The Balaban J connectivity index is 3.05. The first-order valence-corrected chi connectivity index (χ1v) is 5.22. The van der Waals surface area contributed by atoms with E-state index in [9.17, 15) is 9.59 Å². The van der Waals surface area contributed by atoms with E-state index >= 15 is 0 Å². The maximum atomic E-state index is 11.6. The lowest BCUT2D eigenvalue weighted by atomic mass is 9.64. The number of hydrogen-bond donors (Lipinski definition) is 0. The number of carbonyl (C=O) groups excluding carboxylic acids is 2. The Morgan fingerprint density at radius 2 is 1.62 bits per heavy atom. The molecule has 0 aromatic carbocycles. The molecule has 0 radical (unpaired) electrons. The van der Waals surface area contributed by atoms with Crippen LogP contribution in [0.15, 0.2) is 11.1 Å². The normalized spacial score (nSPS) is 20.2. The maximum absolute atomic E-state index is 11.6. The third-order valence-corrected chi connectivity index (χ3v) is 2.96. The lowest BCUT2D eigenvalue weighted by Gasteiger charge is -2.39. The van der Waals surface area contributed by atoms with Crippen LogP contribution in [0.5, 0.6) is 0 Å². The lowest BCUT2D eigenvalue weighted by Crippen LogP contribution is -2.37. The van der Waals surface area contributed by atoms with E-state index in [0.717, 1.165) is 0 Å². The monoisotopic (exact) mass is 226 g/mol. The highest BCUT2D eigenvalue weighted by molar-refractivity contribution is 6.03. The first kappa shape index (κ1) is 12.7. The zero-order valence-electron chi connectivity index (χ0n) is 10.4. The van der Waals surface area contributed by atoms with Gasteiger partial charge in [-0.15, -0.1) is 0 Å². The largest absolute Gasteiger partial charge is 0.466 e. The number of ether oxygens (including phenoxy) is 2. The Hall–Kier alpha value is -1.32. The van der Waals surface area contributed by atoms with Crippen molar-refractivity contribution in [1.29, 1.82) is 0 Å². The standard InChI is InChI=1S/C12H18O4/c1-12(2,3)8-6-7(10(13)15-4)9(8)11(14)16-5/h8H,6H2,1-5H3. The van der Waals surface area contributed by atoms with Gasteiger partial charge in [0.1, 0.15) is 0 Å². The van der Waals surface area contributed by atoms with Gasteiger partial charge in [-0.2, -0.15) is 0 Å². The molecule has 0 aliphatic heterocycles. The summed E-state index contributed by atoms with van der Waals surface area (Å²) < 4.78 is 9.34. The highest BCUT2D eigenvalue weighted by Gasteiger charge is 2.44. The van der Waals surface area contributed by atoms with E-state index in [1.807, 2.05) is 20.8 Å². The van der Waals surface area contributed by atoms with Crippen molar-refractivity contribution >= 4 is 11.9 Å². The molecule has 1 rings (SSSR count). The summed E-state index contributed by atoms with van der Waals surface area (Å²) in [6.45, 7) is 6.11. The quantitative estimate of drug-likeness (QED) is 0.672. The van der Waals surface area contributed by atoms with E-state index in [1.54, 1.807) is 0 Å². The van der Waals surface area contributed by atoms with Crippen LogP contribution in [-0.4, -0.2) is 26.2 Å². The number of hydrogen-bond acceptors (Lipinski definition) is 4. The first-order valence-electron chi connectivity index (χ1n) is 5.22. The van der Waals surface area contributed by atoms with Gasteiger partial charge in [-0.05, 0) is 11.8 Å². The third kappa shape index (κ3) is 2.10. The molecule has 0 saturated carbocycles. The van der Waals surface area contributed by atoms with Gasteiger partial charge in [-0.3, -0.25) is 0 Å². The molecule has 0 amide bonds. The summed E-state index contributed by atoms with van der Waals surface area (Å²) in [5.74, 6) is -0.790. The van der Waals surface area contributed by atoms with E-state index in [2.05, 4.69) is 4.74 Å². The molecule has 16 heavy (non-hydrogen) atoms. The molecule has 0 N–H and O–H groups in total. The molecule has 1 aliphatic carbocycles. The molecule has 0 fully saturated rings. The second kappa shape index (κ2) is 4.28. The zero-order valence-corrected chi connectivity index (χ0v) is 10.4. The van der Waals surface area contributed by atoms with Gasteiger partial charge in [-0.1, -0.05) is 20.8 Å². The Labute approximate surface area is 95.6 Å². The molecule has 1 unspecified atom stereocenters. The van der Waals surface area contributed by atoms with Crippen molar-refractivity contribution in [3.05, 3.63) is 11.1 Å². The molecule has 0 aromatic rings. The fourth-order valence-electron chi connectivity index (χ4n) is 1.93. The third-order valence-electron chi connectivity index (χ3n) is 2.96. The van der Waals surface area contributed by atoms with Crippen molar-refractivity contribution in [1.82, 2.24) is 0 Å². The van der Waals surface area contributed by atoms with Crippen molar-refractivity contribution in [2.75, 3.05) is 14.2 Å². The summed E-state index contributed by atoms with van der Waals surface area (Å²) in [7, 11) is 2.64. The summed E-state index contributed by atoms with van der Waals surface area (Å²) >= 11 is 0. The molecule has 1 atom stereocenters. The zero-order chi connectivity index (χ0) is 12.5. The minimum atomic E-state index is -0.430. The van der Waals surface area contributed by atoms with E-state index in [1.165, 1.54) is 14.2 Å². The molecule has 4 heteroatoms. The van der Waals surface area contributed by atoms with Crippen molar-refractivity contribution in [2.45, 2.75) is 27.2 Å². The molecule has 0 aromatic heterocycles. The summed E-state index contributed by atoms with van der Waals surface area (Å²) in [6, 6.07) is 0. The SMILES string of the molecule is COC(=O)C1=C(C(=O)OC)C(C(C)(C)C)C1. The highest BCUT2D eigenvalue weighted by atomic mass is 16.5. The molecular weight excluding hydrogens is 208 g/mol. The fourth-order valence-corrected chi connectivity index (χ4v) is 1.93. The van der Waals surface area contributed by atoms with Gasteiger partial charge >= 0.3 is 11.9 Å². The second-order valence-electron chi connectivity index (χ2n) is 5.00. The number of esters is 2. The minimum absolute atomic E-state index is 0.0545. The number of methoxy groups -OCH3 is 2. The van der Waals surface area contributed by atoms with Crippen LogP contribution >= 0.6 is 0 Å². The first-order chi connectivity index (χ1) is 7.32. The van der Waals surface area contributed by atoms with E-state index < -0.39 is 11.9 Å². The molecule has 4 nitrogen and oxygen atoms in total. The fraction of sp³-hybridized carbons (Fsp3) is 0.667. The van der Waals surface area contributed by atoms with Crippen LogP contribution in [0.25, 0.3) is 0 Å². The van der Waals surface area contributed by atoms with Crippen molar-refractivity contribution < 1.29 is 19.1 Å². The second-order valence-corrected chi connectivity index (χ2v) is 5.00. The van der Waals surface area contributed by atoms with Gasteiger partial charge in [0.25, 0.3) is 0 Å². The number of rotatable bonds is 2. The van der Waals surface area contributed by atoms with Gasteiger partial charge in [-0.25, -0.2) is 9.59 Å². The summed E-state index contributed by atoms with van der Waals surface area (Å²) in [4.78, 5) is 23.0. The molecular formula is C12H18O4. The van der Waals surface area contributed by atoms with Gasteiger partial charge < -0.3 is 9.47 Å². The van der Waals surface area contributed by atoms with Crippen LogP contribution in [0.3, 0.4) is 0 Å².